The van der Waals surface area contributed by atoms with Crippen LogP contribution in [0, 0.1) is 29.2 Å². The van der Waals surface area contributed by atoms with Gasteiger partial charge in [0.05, 0.1) is 0 Å². The van der Waals surface area contributed by atoms with Gasteiger partial charge in [-0.2, -0.15) is 0 Å². The van der Waals surface area contributed by atoms with E-state index in [2.05, 4.69) is 27.1 Å². The van der Waals surface area contributed by atoms with Crippen molar-refractivity contribution in [1.29, 1.82) is 0 Å². The fraction of sp³-hybridized carbons (Fsp3) is 1.00. The van der Waals surface area contributed by atoms with Gasteiger partial charge in [0.15, 0.2) is 0 Å². The van der Waals surface area contributed by atoms with Crippen LogP contribution in [-0.4, -0.2) is 75.8 Å². The van der Waals surface area contributed by atoms with Crippen LogP contribution in [0.1, 0.15) is 0 Å². The SMILES string of the molecule is O=P([O-])(O)O[C@@H]1C(OP(=O)(O)O)[C@H](OP(=O)([O-])O)[C@@H](OP(=O)([O-])O)C(OP(=O)(O)O)[C@H]1OP(=O)([O-])O.[239Pu]. The van der Waals surface area contributed by atoms with Gasteiger partial charge < -0.3 is 76.8 Å². The van der Waals surface area contributed by atoms with Gasteiger partial charge in [0.2, 0.25) is 0 Å². The van der Waals surface area contributed by atoms with Gasteiger partial charge in [-0.25, -0.2) is 9.13 Å². The molecule has 0 aliphatic heterocycles. The Morgan fingerprint density at radius 2 is 0.514 bits per heavy atom. The number of rotatable bonds is 12. The van der Waals surface area contributed by atoms with Crippen molar-refractivity contribution in [3.05, 3.63) is 0 Å². The molecule has 222 valence electrons. The van der Waals surface area contributed by atoms with E-state index in [4.69, 9.17) is 39.1 Å². The normalized spacial score (nSPS) is 33.7. The van der Waals surface area contributed by atoms with E-state index < -0.39 is 83.6 Å². The third-order valence-electron chi connectivity index (χ3n) is 3.48. The maximum Gasteiger partial charge on any atom is 0.470 e. The standard InChI is InChI=1S/C6H18O24P6.Pu/c7-31(8,9)25-1-2(26-32(10,11)12)4(28-34(16,17)18)6(30-36(22,23)24)5(29-35(19,20)21)3(1)27-33(13,14)15;/h1-6H,(H2,7,8,9)(H2,10,11,12)(H2,13,14,15)(H2,16,17,18)(H2,19,20,21)(H2,22,23,24);/p-4/t1-,2-,3?,4?,5-,6-;/i;1-5. The topological polar surface area (TPSA) is 412 Å². The summed E-state index contributed by atoms with van der Waals surface area (Å²) in [6.07, 6.45) is -19.7. The van der Waals surface area contributed by atoms with Crippen molar-refractivity contribution in [2.24, 2.45) is 0 Å². The third kappa shape index (κ3) is 15.4. The molecule has 0 saturated heterocycles. The summed E-state index contributed by atoms with van der Waals surface area (Å²) in [6.45, 7) is 0. The molecule has 0 bridgehead atoms. The third-order valence-corrected chi connectivity index (χ3v) is 6.56. The van der Waals surface area contributed by atoms with Crippen LogP contribution in [0.3, 0.4) is 0 Å². The maximum atomic E-state index is 11.4. The number of phosphoric acid groups is 6. The van der Waals surface area contributed by atoms with Gasteiger partial charge in [-0.15, -0.1) is 0 Å². The van der Waals surface area contributed by atoms with Crippen molar-refractivity contribution >= 4 is 46.9 Å². The van der Waals surface area contributed by atoms with Crippen molar-refractivity contribution in [2.45, 2.75) is 36.6 Å². The summed E-state index contributed by atoms with van der Waals surface area (Å²) >= 11 is 0. The zero-order chi connectivity index (χ0) is 28.7. The Bertz CT molecular complexity index is 824. The minimum atomic E-state index is -6.31. The van der Waals surface area contributed by atoms with Gasteiger partial charge in [-0.3, -0.25) is 27.3 Å². The first kappa shape index (κ1) is 38.6. The molecule has 0 aromatic carbocycles. The van der Waals surface area contributed by atoms with E-state index in [1.54, 1.807) is 0 Å². The van der Waals surface area contributed by atoms with Gasteiger partial charge >= 0.3 is 15.6 Å². The predicted octanol–water partition coefficient (Wildman–Crippen LogP) is -5.66. The molecule has 1 aliphatic carbocycles. The van der Waals surface area contributed by atoms with Gasteiger partial charge in [-0.05, 0) is 0 Å². The van der Waals surface area contributed by atoms with Crippen LogP contribution in [0.5, 0.6) is 0 Å². The molecule has 1 fully saturated rings. The monoisotopic (exact) mass is 895 g/mol. The van der Waals surface area contributed by atoms with E-state index in [1.165, 1.54) is 0 Å². The van der Waals surface area contributed by atoms with Crippen LogP contribution in [0.4, 0.5) is 0 Å². The van der Waals surface area contributed by atoms with Crippen molar-refractivity contribution in [3.63, 3.8) is 0 Å². The number of hydrogen-bond acceptors (Lipinski definition) is 16. The number of hydrogen-bond donors (Lipinski definition) is 8. The molecule has 24 nitrogen and oxygen atoms in total. The molecule has 0 heterocycles. The van der Waals surface area contributed by atoms with Crippen molar-refractivity contribution in [1.82, 2.24) is 0 Å². The fourth-order valence-electron chi connectivity index (χ4n) is 2.77. The van der Waals surface area contributed by atoms with Gasteiger partial charge in [0, 0.05) is 29.2 Å². The van der Waals surface area contributed by atoms with Gasteiger partial charge in [0.1, 0.15) is 36.6 Å². The van der Waals surface area contributed by atoms with E-state index in [0.29, 0.717) is 0 Å². The first-order chi connectivity index (χ1) is 15.6. The van der Waals surface area contributed by atoms with Crippen LogP contribution >= 0.6 is 46.9 Å². The molecule has 0 radical (unpaired) electrons. The maximum absolute atomic E-state index is 11.4. The Hall–Kier alpha value is 1.65. The van der Waals surface area contributed by atoms with Crippen LogP contribution in [0.15, 0.2) is 0 Å². The Kier molecular flexibility index (Phi) is 13.9. The average molecular weight is 895 g/mol. The molecule has 10 atom stereocenters. The second-order valence-corrected chi connectivity index (χ2v) is 13.3. The minimum Gasteiger partial charge on any atom is -0.756 e. The quantitative estimate of drug-likeness (QED) is 0.0846. The molecule has 1 aliphatic rings. The van der Waals surface area contributed by atoms with E-state index in [1.807, 2.05) is 0 Å². The van der Waals surface area contributed by atoms with E-state index in [-0.39, 0.29) is 29.2 Å². The second-order valence-electron chi connectivity index (χ2n) is 6.28. The smallest absolute Gasteiger partial charge is 0.470 e. The Labute approximate surface area is 225 Å². The summed E-state index contributed by atoms with van der Waals surface area (Å²) in [5.74, 6) is 0. The molecule has 0 spiro atoms. The molecule has 6 unspecified atom stereocenters. The van der Waals surface area contributed by atoms with Crippen molar-refractivity contribution < 1.29 is 142 Å². The average Bonchev–Trinajstić information content (AvgIpc) is 2.51. The molecule has 0 aromatic rings. The van der Waals surface area contributed by atoms with Gasteiger partial charge in [-0.1, -0.05) is 0 Å². The van der Waals surface area contributed by atoms with Crippen LogP contribution in [0.2, 0.25) is 0 Å². The first-order valence-electron chi connectivity index (χ1n) is 7.94. The summed E-state index contributed by atoms with van der Waals surface area (Å²) in [5, 5.41) is 0. The van der Waals surface area contributed by atoms with Crippen LogP contribution in [0.25, 0.3) is 0 Å². The molecule has 31 heteroatoms. The Balaban J connectivity index is 0.0000130. The fourth-order valence-corrected chi connectivity index (χ4v) is 6.08. The molecule has 8 N–H and O–H groups in total. The van der Waals surface area contributed by atoms with Crippen LogP contribution < -0.4 is 19.6 Å². The molecule has 1 saturated carbocycles. The zero-order valence-electron chi connectivity index (χ0n) is 16.7. The predicted molar refractivity (Wildman–Crippen MR) is 92.6 cm³/mol. The van der Waals surface area contributed by atoms with E-state index >= 15 is 0 Å². The number of phosphoric ester groups is 6. The molecular formula is C6H14O24P6Pu-4. The molecule has 0 aromatic heterocycles. The first-order valence-corrected chi connectivity index (χ1v) is 17.0. The molecule has 1 rings (SSSR count). The Morgan fingerprint density at radius 1 is 0.378 bits per heavy atom. The molecule has 0 amide bonds. The largest absolute Gasteiger partial charge is 0.756 e. The summed E-state index contributed by atoms with van der Waals surface area (Å²) in [6, 6.07) is 0. The summed E-state index contributed by atoms with van der Waals surface area (Å²) in [5.41, 5.74) is 0. The Morgan fingerprint density at radius 3 is 0.622 bits per heavy atom. The van der Waals surface area contributed by atoms with E-state index in [9.17, 15) is 47.0 Å². The minimum absolute atomic E-state index is 0. The van der Waals surface area contributed by atoms with Gasteiger partial charge in [0.25, 0.3) is 31.3 Å². The second kappa shape index (κ2) is 13.3. The van der Waals surface area contributed by atoms with E-state index in [0.717, 1.165) is 0 Å². The molecular weight excluding hydrogens is 881 g/mol. The van der Waals surface area contributed by atoms with Crippen molar-refractivity contribution in [2.75, 3.05) is 0 Å². The van der Waals surface area contributed by atoms with Crippen molar-refractivity contribution in [3.8, 4) is 0 Å². The van der Waals surface area contributed by atoms with Crippen LogP contribution in [-0.2, 0) is 54.5 Å². The zero-order valence-corrected chi connectivity index (χ0v) is 25.4. The molecule has 37 heavy (non-hydrogen) atoms. The summed E-state index contributed by atoms with van der Waals surface area (Å²) in [7, 11) is -37.4. The summed E-state index contributed by atoms with van der Waals surface area (Å²) < 4.78 is 91.5. The summed E-state index contributed by atoms with van der Waals surface area (Å²) in [4.78, 5) is 117.